The van der Waals surface area contributed by atoms with Gasteiger partial charge in [0, 0.05) is 31.9 Å². The van der Waals surface area contributed by atoms with Gasteiger partial charge in [0.25, 0.3) is 0 Å². The average Bonchev–Trinajstić information content (AvgIpc) is 2.49. The summed E-state index contributed by atoms with van der Waals surface area (Å²) in [6, 6.07) is 7.30. The summed E-state index contributed by atoms with van der Waals surface area (Å²) in [6.45, 7) is 0.967. The first-order valence-electron chi connectivity index (χ1n) is 6.95. The maximum absolute atomic E-state index is 14.1. The zero-order chi connectivity index (χ0) is 13.9. The van der Waals surface area contributed by atoms with E-state index in [1.807, 2.05) is 18.2 Å². The molecule has 0 aliphatic carbocycles. The van der Waals surface area contributed by atoms with Crippen molar-refractivity contribution in [1.82, 2.24) is 4.98 Å². The largest absolute Gasteiger partial charge is 0.388 e. The van der Waals surface area contributed by atoms with Gasteiger partial charge in [0.1, 0.15) is 11.6 Å². The molecule has 2 N–H and O–H groups in total. The van der Waals surface area contributed by atoms with E-state index in [9.17, 15) is 4.39 Å². The van der Waals surface area contributed by atoms with Crippen molar-refractivity contribution in [3.8, 4) is 0 Å². The number of halogens is 1. The number of hydrogen-bond acceptors (Lipinski definition) is 3. The monoisotopic (exact) mass is 271 g/mol. The van der Waals surface area contributed by atoms with Crippen LogP contribution in [0.15, 0.2) is 30.5 Å². The van der Waals surface area contributed by atoms with Gasteiger partial charge in [-0.25, -0.2) is 9.37 Å². The lowest BCUT2D eigenvalue weighted by molar-refractivity contribution is 0.614. The molecule has 1 aliphatic rings. The van der Waals surface area contributed by atoms with Gasteiger partial charge in [0.15, 0.2) is 0 Å². The Morgan fingerprint density at radius 1 is 1.30 bits per heavy atom. The molecule has 104 valence electrons. The molecule has 2 aromatic rings. The summed E-state index contributed by atoms with van der Waals surface area (Å²) in [4.78, 5) is 4.36. The molecule has 0 unspecified atom stereocenters. The van der Waals surface area contributed by atoms with Crippen LogP contribution in [0.25, 0.3) is 0 Å². The van der Waals surface area contributed by atoms with Crippen LogP contribution in [-0.2, 0) is 12.8 Å². The Hall–Kier alpha value is -2.10. The van der Waals surface area contributed by atoms with E-state index in [-0.39, 0.29) is 5.82 Å². The van der Waals surface area contributed by atoms with E-state index in [1.54, 1.807) is 19.3 Å². The van der Waals surface area contributed by atoms with Gasteiger partial charge in [-0.3, -0.25) is 0 Å². The Balaban J connectivity index is 1.92. The highest BCUT2D eigenvalue weighted by molar-refractivity contribution is 5.52. The van der Waals surface area contributed by atoms with Gasteiger partial charge in [-0.2, -0.15) is 0 Å². The number of benzene rings is 1. The van der Waals surface area contributed by atoms with Crippen LogP contribution in [-0.4, -0.2) is 18.6 Å². The molecular formula is C16H18FN3. The number of nitrogens with one attached hydrogen (secondary N) is 2. The zero-order valence-corrected chi connectivity index (χ0v) is 11.5. The molecule has 1 aliphatic heterocycles. The first-order valence-corrected chi connectivity index (χ1v) is 6.95. The number of fused-ring (bicyclic) bond motifs is 1. The minimum atomic E-state index is -0.161. The second-order valence-electron chi connectivity index (χ2n) is 5.06. The predicted molar refractivity (Wildman–Crippen MR) is 79.8 cm³/mol. The molecular weight excluding hydrogens is 253 g/mol. The van der Waals surface area contributed by atoms with Crippen molar-refractivity contribution in [2.24, 2.45) is 0 Å². The van der Waals surface area contributed by atoms with Crippen LogP contribution >= 0.6 is 0 Å². The third-order valence-electron chi connectivity index (χ3n) is 3.77. The molecule has 0 saturated carbocycles. The van der Waals surface area contributed by atoms with Gasteiger partial charge < -0.3 is 10.6 Å². The number of rotatable bonds is 3. The Labute approximate surface area is 118 Å². The number of hydrogen-bond donors (Lipinski definition) is 2. The summed E-state index contributed by atoms with van der Waals surface area (Å²) in [5.41, 5.74) is 3.92. The maximum atomic E-state index is 14.1. The molecule has 0 atom stereocenters. The fourth-order valence-electron chi connectivity index (χ4n) is 2.65. The Kier molecular flexibility index (Phi) is 3.54. The number of aromatic nitrogens is 1. The summed E-state index contributed by atoms with van der Waals surface area (Å²) in [5.74, 6) is 0.798. The molecule has 3 rings (SSSR count). The first kappa shape index (κ1) is 12.9. The quantitative estimate of drug-likeness (QED) is 0.900. The van der Waals surface area contributed by atoms with E-state index >= 15 is 0 Å². The lowest BCUT2D eigenvalue weighted by Crippen LogP contribution is -2.15. The topological polar surface area (TPSA) is 37.0 Å². The third kappa shape index (κ3) is 2.46. The van der Waals surface area contributed by atoms with Crippen LogP contribution in [0.1, 0.15) is 23.1 Å². The molecule has 0 bridgehead atoms. The van der Waals surface area contributed by atoms with Gasteiger partial charge in [-0.15, -0.1) is 0 Å². The summed E-state index contributed by atoms with van der Waals surface area (Å²) >= 11 is 0. The molecule has 1 aromatic carbocycles. The Morgan fingerprint density at radius 3 is 3.00 bits per heavy atom. The van der Waals surface area contributed by atoms with Crippen molar-refractivity contribution >= 4 is 11.5 Å². The first-order chi connectivity index (χ1) is 9.78. The van der Waals surface area contributed by atoms with E-state index in [0.29, 0.717) is 6.42 Å². The number of nitrogens with zero attached hydrogens (tertiary/aromatic N) is 1. The average molecular weight is 271 g/mol. The van der Waals surface area contributed by atoms with E-state index in [0.717, 1.165) is 36.5 Å². The number of anilines is 2. The highest BCUT2D eigenvalue weighted by Crippen LogP contribution is 2.26. The smallest absolute Gasteiger partial charge is 0.129 e. The van der Waals surface area contributed by atoms with Gasteiger partial charge in [0.05, 0.1) is 0 Å². The molecule has 1 aromatic heterocycles. The van der Waals surface area contributed by atoms with Crippen LogP contribution in [0.2, 0.25) is 0 Å². The second kappa shape index (κ2) is 5.49. The van der Waals surface area contributed by atoms with Gasteiger partial charge in [0.2, 0.25) is 0 Å². The lowest BCUT2D eigenvalue weighted by Gasteiger charge is -2.20. The standard InChI is InChI=1S/C16H18FN3/c1-18-13-5-4-12(15(17)10-13)9-11-6-8-20-16-14(11)3-2-7-19-16/h4-6,8,10,18H,2-3,7,9H2,1H3,(H,19,20). The molecule has 0 fully saturated rings. The highest BCUT2D eigenvalue weighted by atomic mass is 19.1. The van der Waals surface area contributed by atoms with Crippen LogP contribution in [0.3, 0.4) is 0 Å². The molecule has 0 amide bonds. The summed E-state index contributed by atoms with van der Waals surface area (Å²) in [7, 11) is 1.79. The predicted octanol–water partition coefficient (Wildman–Crippen LogP) is 3.21. The summed E-state index contributed by atoms with van der Waals surface area (Å²) < 4.78 is 14.1. The summed E-state index contributed by atoms with van der Waals surface area (Å²) in [5, 5.41) is 6.26. The molecule has 0 radical (unpaired) electrons. The molecule has 0 spiro atoms. The Bertz CT molecular complexity index is 625. The van der Waals surface area contributed by atoms with Crippen molar-refractivity contribution in [1.29, 1.82) is 0 Å². The van der Waals surface area contributed by atoms with Crippen LogP contribution < -0.4 is 10.6 Å². The third-order valence-corrected chi connectivity index (χ3v) is 3.77. The fraction of sp³-hybridized carbons (Fsp3) is 0.312. The van der Waals surface area contributed by atoms with Crippen molar-refractivity contribution < 1.29 is 4.39 Å². The maximum Gasteiger partial charge on any atom is 0.129 e. The zero-order valence-electron chi connectivity index (χ0n) is 11.5. The van der Waals surface area contributed by atoms with E-state index in [4.69, 9.17) is 0 Å². The summed E-state index contributed by atoms with van der Waals surface area (Å²) in [6.07, 6.45) is 4.53. The molecule has 20 heavy (non-hydrogen) atoms. The van der Waals surface area contributed by atoms with Crippen LogP contribution in [0, 0.1) is 5.82 Å². The lowest BCUT2D eigenvalue weighted by atomic mass is 9.96. The van der Waals surface area contributed by atoms with Gasteiger partial charge in [-0.1, -0.05) is 6.07 Å². The molecule has 0 saturated heterocycles. The minimum absolute atomic E-state index is 0.161. The van der Waals surface area contributed by atoms with Crippen molar-refractivity contribution in [3.05, 3.63) is 53.0 Å². The normalized spacial score (nSPS) is 13.5. The SMILES string of the molecule is CNc1ccc(Cc2ccnc3c2CCCN3)c(F)c1. The fourth-order valence-corrected chi connectivity index (χ4v) is 2.65. The Morgan fingerprint density at radius 2 is 2.20 bits per heavy atom. The molecule has 2 heterocycles. The van der Waals surface area contributed by atoms with E-state index in [1.165, 1.54) is 11.1 Å². The van der Waals surface area contributed by atoms with Gasteiger partial charge in [-0.05, 0) is 47.7 Å². The van der Waals surface area contributed by atoms with E-state index in [2.05, 4.69) is 15.6 Å². The van der Waals surface area contributed by atoms with E-state index < -0.39 is 0 Å². The van der Waals surface area contributed by atoms with Crippen molar-refractivity contribution in [2.45, 2.75) is 19.3 Å². The molecule has 3 nitrogen and oxygen atoms in total. The van der Waals surface area contributed by atoms with Gasteiger partial charge >= 0.3 is 0 Å². The number of pyridine rings is 1. The van der Waals surface area contributed by atoms with Crippen LogP contribution in [0.4, 0.5) is 15.9 Å². The highest BCUT2D eigenvalue weighted by Gasteiger charge is 2.15. The molecule has 4 heteroatoms. The van der Waals surface area contributed by atoms with Crippen LogP contribution in [0.5, 0.6) is 0 Å². The second-order valence-corrected chi connectivity index (χ2v) is 5.06. The van der Waals surface area contributed by atoms with Crippen molar-refractivity contribution in [3.63, 3.8) is 0 Å². The minimum Gasteiger partial charge on any atom is -0.388 e. The van der Waals surface area contributed by atoms with Crippen molar-refractivity contribution in [2.75, 3.05) is 24.2 Å².